The minimum Gasteiger partial charge on any atom is -0.313 e. The molecule has 120 valence electrons. The van der Waals surface area contributed by atoms with Crippen LogP contribution in [0.2, 0.25) is 0 Å². The molecular formula is C16H22N2O3S. The van der Waals surface area contributed by atoms with Crippen LogP contribution in [-0.2, 0) is 14.8 Å². The highest BCUT2D eigenvalue weighted by Gasteiger charge is 2.35. The summed E-state index contributed by atoms with van der Waals surface area (Å²) in [5.41, 5.74) is 1.27. The molecule has 0 N–H and O–H groups in total. The summed E-state index contributed by atoms with van der Waals surface area (Å²) in [5.74, 6) is 0.329. The van der Waals surface area contributed by atoms with Crippen LogP contribution in [0.15, 0.2) is 24.3 Å². The molecule has 1 aromatic rings. The first kappa shape index (κ1) is 15.3. The van der Waals surface area contributed by atoms with Crippen molar-refractivity contribution in [1.82, 2.24) is 0 Å². The van der Waals surface area contributed by atoms with Gasteiger partial charge in [-0.05, 0) is 24.5 Å². The summed E-state index contributed by atoms with van der Waals surface area (Å²) < 4.78 is 27.0. The summed E-state index contributed by atoms with van der Waals surface area (Å²) in [7, 11) is -1.69. The highest BCUT2D eigenvalue weighted by molar-refractivity contribution is 7.92. The van der Waals surface area contributed by atoms with Crippen molar-refractivity contribution in [2.45, 2.75) is 26.2 Å². The van der Waals surface area contributed by atoms with Crippen molar-refractivity contribution in [3.8, 4) is 0 Å². The Morgan fingerprint density at radius 2 is 1.82 bits per heavy atom. The molecule has 1 saturated carbocycles. The van der Waals surface area contributed by atoms with Crippen LogP contribution in [0.3, 0.4) is 0 Å². The van der Waals surface area contributed by atoms with E-state index in [0.29, 0.717) is 17.3 Å². The topological polar surface area (TPSA) is 57.7 Å². The van der Waals surface area contributed by atoms with E-state index in [-0.39, 0.29) is 24.1 Å². The molecule has 1 aliphatic carbocycles. The number of hydrogen-bond acceptors (Lipinski definition) is 3. The number of para-hydroxylation sites is 2. The van der Waals surface area contributed by atoms with Crippen LogP contribution in [0, 0.1) is 11.8 Å². The van der Waals surface area contributed by atoms with Gasteiger partial charge in [0, 0.05) is 13.6 Å². The maximum Gasteiger partial charge on any atom is 0.235 e. The van der Waals surface area contributed by atoms with Gasteiger partial charge in [0.2, 0.25) is 15.9 Å². The Bertz CT molecular complexity index is 682. The smallest absolute Gasteiger partial charge is 0.235 e. The van der Waals surface area contributed by atoms with Crippen LogP contribution in [0.4, 0.5) is 11.4 Å². The lowest BCUT2D eigenvalue weighted by molar-refractivity contribution is -0.121. The quantitative estimate of drug-likeness (QED) is 0.854. The van der Waals surface area contributed by atoms with Crippen LogP contribution in [0.25, 0.3) is 0 Å². The van der Waals surface area contributed by atoms with E-state index in [4.69, 9.17) is 0 Å². The Morgan fingerprint density at radius 1 is 1.18 bits per heavy atom. The molecule has 0 spiro atoms. The number of carbonyl (C=O) groups is 1. The second kappa shape index (κ2) is 5.57. The maximum atomic E-state index is 12.8. The SMILES string of the molecule is CC1CN(S(=O)(=O)CCC2CC2)c2ccccc2N(C)C1=O. The first-order valence-electron chi connectivity index (χ1n) is 7.77. The lowest BCUT2D eigenvalue weighted by Gasteiger charge is -2.25. The third-order valence-corrected chi connectivity index (χ3v) is 6.29. The molecule has 3 rings (SSSR count). The molecule has 1 aromatic carbocycles. The lowest BCUT2D eigenvalue weighted by atomic mass is 10.1. The largest absolute Gasteiger partial charge is 0.313 e. The molecule has 1 atom stereocenters. The fourth-order valence-electron chi connectivity index (χ4n) is 2.93. The zero-order valence-electron chi connectivity index (χ0n) is 13.0. The molecule has 1 amide bonds. The Balaban J connectivity index is 1.98. The first-order chi connectivity index (χ1) is 10.4. The standard InChI is InChI=1S/C16H22N2O3S/c1-12-11-18(22(20,21)10-9-13-7-8-13)15-6-4-3-5-14(15)17(2)16(12)19/h3-6,12-13H,7-11H2,1-2H3. The van der Waals surface area contributed by atoms with Crippen LogP contribution in [0.1, 0.15) is 26.2 Å². The average Bonchev–Trinajstić information content (AvgIpc) is 3.33. The molecule has 0 saturated heterocycles. The first-order valence-corrected chi connectivity index (χ1v) is 9.38. The predicted octanol–water partition coefficient (Wildman–Crippen LogP) is 2.24. The predicted molar refractivity (Wildman–Crippen MR) is 87.5 cm³/mol. The number of sulfonamides is 1. The minimum absolute atomic E-state index is 0.0488. The summed E-state index contributed by atoms with van der Waals surface area (Å²) >= 11 is 0. The van der Waals surface area contributed by atoms with Gasteiger partial charge >= 0.3 is 0 Å². The van der Waals surface area contributed by atoms with Crippen LogP contribution >= 0.6 is 0 Å². The third-order valence-electron chi connectivity index (χ3n) is 4.52. The zero-order chi connectivity index (χ0) is 15.9. The number of rotatable bonds is 4. The summed E-state index contributed by atoms with van der Waals surface area (Å²) in [4.78, 5) is 13.9. The Morgan fingerprint density at radius 3 is 2.45 bits per heavy atom. The van der Waals surface area contributed by atoms with Gasteiger partial charge in [-0.2, -0.15) is 0 Å². The molecule has 0 bridgehead atoms. The lowest BCUT2D eigenvalue weighted by Crippen LogP contribution is -2.38. The molecule has 1 unspecified atom stereocenters. The molecule has 22 heavy (non-hydrogen) atoms. The van der Waals surface area contributed by atoms with Crippen molar-refractivity contribution in [2.75, 3.05) is 28.6 Å². The summed E-state index contributed by atoms with van der Waals surface area (Å²) in [6.45, 7) is 2.00. The minimum atomic E-state index is -3.40. The van der Waals surface area contributed by atoms with Gasteiger partial charge in [0.15, 0.2) is 0 Å². The van der Waals surface area contributed by atoms with Gasteiger partial charge in [-0.1, -0.05) is 31.9 Å². The Kier molecular flexibility index (Phi) is 3.89. The van der Waals surface area contributed by atoms with E-state index < -0.39 is 10.0 Å². The molecule has 0 aromatic heterocycles. The molecule has 1 heterocycles. The second-order valence-electron chi connectivity index (χ2n) is 6.37. The zero-order valence-corrected chi connectivity index (χ0v) is 13.8. The molecule has 5 nitrogen and oxygen atoms in total. The number of carbonyl (C=O) groups excluding carboxylic acids is 1. The molecule has 0 radical (unpaired) electrons. The van der Waals surface area contributed by atoms with Gasteiger partial charge < -0.3 is 4.90 Å². The number of amides is 1. The number of benzene rings is 1. The fraction of sp³-hybridized carbons (Fsp3) is 0.562. The summed E-state index contributed by atoms with van der Waals surface area (Å²) in [6, 6.07) is 7.23. The highest BCUT2D eigenvalue weighted by atomic mass is 32.2. The van der Waals surface area contributed by atoms with E-state index in [2.05, 4.69) is 0 Å². The second-order valence-corrected chi connectivity index (χ2v) is 8.38. The normalized spacial score (nSPS) is 22.5. The van der Waals surface area contributed by atoms with Crippen LogP contribution < -0.4 is 9.21 Å². The van der Waals surface area contributed by atoms with Gasteiger partial charge in [0.25, 0.3) is 0 Å². The maximum absolute atomic E-state index is 12.8. The Hall–Kier alpha value is -1.56. The molecule has 1 fully saturated rings. The number of anilines is 2. The van der Waals surface area contributed by atoms with Crippen molar-refractivity contribution < 1.29 is 13.2 Å². The van der Waals surface area contributed by atoms with Crippen molar-refractivity contribution in [3.05, 3.63) is 24.3 Å². The number of hydrogen-bond donors (Lipinski definition) is 0. The van der Waals surface area contributed by atoms with Gasteiger partial charge in [0.05, 0.1) is 23.0 Å². The van der Waals surface area contributed by atoms with Gasteiger partial charge in [-0.25, -0.2) is 8.42 Å². The van der Waals surface area contributed by atoms with E-state index in [1.807, 2.05) is 12.1 Å². The molecular weight excluding hydrogens is 300 g/mol. The monoisotopic (exact) mass is 322 g/mol. The van der Waals surface area contributed by atoms with Gasteiger partial charge in [-0.15, -0.1) is 0 Å². The summed E-state index contributed by atoms with van der Waals surface area (Å²) in [5, 5.41) is 0. The number of fused-ring (bicyclic) bond motifs is 1. The molecule has 1 aliphatic heterocycles. The van der Waals surface area contributed by atoms with E-state index in [0.717, 1.165) is 19.3 Å². The van der Waals surface area contributed by atoms with E-state index in [1.54, 1.807) is 31.0 Å². The van der Waals surface area contributed by atoms with E-state index in [9.17, 15) is 13.2 Å². The number of nitrogens with zero attached hydrogens (tertiary/aromatic N) is 2. The molecule has 2 aliphatic rings. The molecule has 6 heteroatoms. The Labute approximate surface area is 132 Å². The van der Waals surface area contributed by atoms with Crippen molar-refractivity contribution >= 4 is 27.3 Å². The van der Waals surface area contributed by atoms with Gasteiger partial charge in [0.1, 0.15) is 0 Å². The fourth-order valence-corrected chi connectivity index (χ4v) is 4.69. The van der Waals surface area contributed by atoms with Crippen molar-refractivity contribution in [1.29, 1.82) is 0 Å². The summed E-state index contributed by atoms with van der Waals surface area (Å²) in [6.07, 6.45) is 3.01. The highest BCUT2D eigenvalue weighted by Crippen LogP contribution is 2.37. The van der Waals surface area contributed by atoms with E-state index >= 15 is 0 Å². The average molecular weight is 322 g/mol. The van der Waals surface area contributed by atoms with Crippen molar-refractivity contribution in [2.24, 2.45) is 11.8 Å². The third kappa shape index (κ3) is 2.84. The van der Waals surface area contributed by atoms with Crippen molar-refractivity contribution in [3.63, 3.8) is 0 Å². The van der Waals surface area contributed by atoms with Crippen LogP contribution in [-0.4, -0.2) is 33.7 Å². The van der Waals surface area contributed by atoms with Gasteiger partial charge in [-0.3, -0.25) is 9.10 Å². The van der Waals surface area contributed by atoms with E-state index in [1.165, 1.54) is 4.31 Å². The van der Waals surface area contributed by atoms with Crippen LogP contribution in [0.5, 0.6) is 0 Å².